The number of hydrogen-bond acceptors (Lipinski definition) is 4. The summed E-state index contributed by atoms with van der Waals surface area (Å²) >= 11 is 0. The van der Waals surface area contributed by atoms with E-state index in [1.54, 1.807) is 12.4 Å². The van der Waals surface area contributed by atoms with Gasteiger partial charge in [-0.2, -0.15) is 0 Å². The third kappa shape index (κ3) is 4.95. The molecule has 1 aromatic heterocycles. The van der Waals surface area contributed by atoms with Gasteiger partial charge in [-0.3, -0.25) is 0 Å². The molecule has 0 radical (unpaired) electrons. The van der Waals surface area contributed by atoms with Gasteiger partial charge in [-0.15, -0.1) is 0 Å². The van der Waals surface area contributed by atoms with Crippen molar-refractivity contribution in [3.05, 3.63) is 24.0 Å². The van der Waals surface area contributed by atoms with Crippen molar-refractivity contribution in [3.8, 4) is 0 Å². The van der Waals surface area contributed by atoms with E-state index in [4.69, 9.17) is 5.11 Å². The van der Waals surface area contributed by atoms with E-state index in [9.17, 15) is 4.79 Å². The Labute approximate surface area is 107 Å². The molecule has 0 aliphatic carbocycles. The molecule has 98 valence electrons. The minimum atomic E-state index is -0.976. The standard InChI is InChI=1S/C13H19N3O2/c1-3-4-5-8-16(2)13-14-9-11(10-15-13)6-7-12(17)18/h6-7,9-10H,3-5,8H2,1-2H3,(H,17,18)/b7-6+. The molecule has 0 amide bonds. The number of nitrogens with zero attached hydrogens (tertiary/aromatic N) is 3. The molecule has 5 nitrogen and oxygen atoms in total. The third-order valence-corrected chi connectivity index (χ3v) is 2.52. The van der Waals surface area contributed by atoms with Gasteiger partial charge in [0.15, 0.2) is 0 Å². The maximum absolute atomic E-state index is 10.4. The van der Waals surface area contributed by atoms with E-state index in [0.29, 0.717) is 11.5 Å². The fraction of sp³-hybridized carbons (Fsp3) is 0.462. The van der Waals surface area contributed by atoms with Gasteiger partial charge in [0.1, 0.15) is 0 Å². The summed E-state index contributed by atoms with van der Waals surface area (Å²) in [4.78, 5) is 20.8. The number of anilines is 1. The van der Waals surface area contributed by atoms with Gasteiger partial charge in [-0.05, 0) is 12.5 Å². The lowest BCUT2D eigenvalue weighted by molar-refractivity contribution is -0.131. The van der Waals surface area contributed by atoms with Crippen LogP contribution in [0.1, 0.15) is 31.7 Å². The smallest absolute Gasteiger partial charge is 0.328 e. The monoisotopic (exact) mass is 249 g/mol. The highest BCUT2D eigenvalue weighted by Crippen LogP contribution is 2.07. The molecule has 0 bridgehead atoms. The molecule has 0 fully saturated rings. The number of carboxylic acid groups (broad SMARTS) is 1. The van der Waals surface area contributed by atoms with Crippen molar-refractivity contribution in [2.45, 2.75) is 26.2 Å². The first-order valence-electron chi connectivity index (χ1n) is 6.07. The molecule has 1 rings (SSSR count). The first kappa shape index (κ1) is 14.2. The second-order valence-corrected chi connectivity index (χ2v) is 4.12. The Morgan fingerprint density at radius 3 is 2.61 bits per heavy atom. The highest BCUT2D eigenvalue weighted by atomic mass is 16.4. The first-order valence-corrected chi connectivity index (χ1v) is 6.07. The Hall–Kier alpha value is -1.91. The Morgan fingerprint density at radius 1 is 1.39 bits per heavy atom. The van der Waals surface area contributed by atoms with Gasteiger partial charge < -0.3 is 10.0 Å². The number of aromatic nitrogens is 2. The molecule has 0 saturated carbocycles. The van der Waals surface area contributed by atoms with Crippen LogP contribution in [0, 0.1) is 0 Å². The van der Waals surface area contributed by atoms with Gasteiger partial charge in [0.05, 0.1) is 0 Å². The fourth-order valence-electron chi connectivity index (χ4n) is 1.48. The molecule has 1 heterocycles. The van der Waals surface area contributed by atoms with Crippen LogP contribution in [0.2, 0.25) is 0 Å². The molecule has 0 spiro atoms. The number of aliphatic carboxylic acids is 1. The number of unbranched alkanes of at least 4 members (excludes halogenated alkanes) is 2. The summed E-state index contributed by atoms with van der Waals surface area (Å²) in [6, 6.07) is 0. The fourth-order valence-corrected chi connectivity index (χ4v) is 1.48. The average molecular weight is 249 g/mol. The van der Waals surface area contributed by atoms with Crippen molar-refractivity contribution in [2.24, 2.45) is 0 Å². The van der Waals surface area contributed by atoms with Gasteiger partial charge in [0, 0.05) is 37.6 Å². The Balaban J connectivity index is 2.56. The van der Waals surface area contributed by atoms with E-state index in [1.807, 2.05) is 11.9 Å². The summed E-state index contributed by atoms with van der Waals surface area (Å²) in [5.74, 6) is -0.311. The summed E-state index contributed by atoms with van der Waals surface area (Å²) in [6.07, 6.45) is 9.30. The lowest BCUT2D eigenvalue weighted by Gasteiger charge is -2.16. The molecular weight excluding hydrogens is 230 g/mol. The average Bonchev–Trinajstić information content (AvgIpc) is 2.37. The summed E-state index contributed by atoms with van der Waals surface area (Å²) in [6.45, 7) is 3.10. The maximum atomic E-state index is 10.4. The predicted octanol–water partition coefficient (Wildman–Crippen LogP) is 2.20. The van der Waals surface area contributed by atoms with Gasteiger partial charge in [-0.1, -0.05) is 19.8 Å². The van der Waals surface area contributed by atoms with Gasteiger partial charge in [0.25, 0.3) is 0 Å². The lowest BCUT2D eigenvalue weighted by atomic mass is 10.2. The van der Waals surface area contributed by atoms with E-state index in [0.717, 1.165) is 19.0 Å². The highest BCUT2D eigenvalue weighted by Gasteiger charge is 2.02. The molecule has 1 aromatic rings. The first-order chi connectivity index (χ1) is 8.63. The van der Waals surface area contributed by atoms with E-state index in [1.165, 1.54) is 18.9 Å². The van der Waals surface area contributed by atoms with Crippen molar-refractivity contribution >= 4 is 18.0 Å². The summed E-state index contributed by atoms with van der Waals surface area (Å²) in [5, 5.41) is 8.50. The molecule has 0 unspecified atom stereocenters. The van der Waals surface area contributed by atoms with E-state index < -0.39 is 5.97 Å². The zero-order valence-corrected chi connectivity index (χ0v) is 10.8. The molecule has 0 aliphatic rings. The van der Waals surface area contributed by atoms with Crippen LogP contribution in [0.3, 0.4) is 0 Å². The number of carbonyl (C=O) groups is 1. The molecule has 0 saturated heterocycles. The Kier molecular flexibility index (Phi) is 5.84. The van der Waals surface area contributed by atoms with Crippen molar-refractivity contribution in [1.82, 2.24) is 9.97 Å². The van der Waals surface area contributed by atoms with E-state index in [2.05, 4.69) is 16.9 Å². The predicted molar refractivity (Wildman–Crippen MR) is 71.5 cm³/mol. The van der Waals surface area contributed by atoms with Crippen molar-refractivity contribution in [2.75, 3.05) is 18.5 Å². The van der Waals surface area contributed by atoms with Crippen LogP contribution in [0.25, 0.3) is 6.08 Å². The second-order valence-electron chi connectivity index (χ2n) is 4.12. The van der Waals surface area contributed by atoms with Crippen molar-refractivity contribution in [3.63, 3.8) is 0 Å². The van der Waals surface area contributed by atoms with Crippen molar-refractivity contribution < 1.29 is 9.90 Å². The van der Waals surface area contributed by atoms with Crippen LogP contribution in [0.5, 0.6) is 0 Å². The highest BCUT2D eigenvalue weighted by molar-refractivity contribution is 5.85. The number of hydrogen-bond donors (Lipinski definition) is 1. The lowest BCUT2D eigenvalue weighted by Crippen LogP contribution is -2.20. The molecule has 18 heavy (non-hydrogen) atoms. The molecule has 1 N–H and O–H groups in total. The normalized spacial score (nSPS) is 10.8. The third-order valence-electron chi connectivity index (χ3n) is 2.52. The van der Waals surface area contributed by atoms with Crippen LogP contribution in [0.4, 0.5) is 5.95 Å². The molecule has 0 atom stereocenters. The second kappa shape index (κ2) is 7.42. The molecule has 0 aliphatic heterocycles. The zero-order chi connectivity index (χ0) is 13.4. The zero-order valence-electron chi connectivity index (χ0n) is 10.8. The molecule has 0 aromatic carbocycles. The van der Waals surface area contributed by atoms with Crippen LogP contribution in [-0.4, -0.2) is 34.6 Å². The SMILES string of the molecule is CCCCCN(C)c1ncc(/C=C/C(=O)O)cn1. The Bertz CT molecular complexity index is 401. The molecular formula is C13H19N3O2. The van der Waals surface area contributed by atoms with Gasteiger partial charge in [0.2, 0.25) is 5.95 Å². The van der Waals surface area contributed by atoms with Crippen LogP contribution < -0.4 is 4.90 Å². The van der Waals surface area contributed by atoms with Gasteiger partial charge >= 0.3 is 5.97 Å². The Morgan fingerprint density at radius 2 is 2.06 bits per heavy atom. The minimum Gasteiger partial charge on any atom is -0.478 e. The summed E-state index contributed by atoms with van der Waals surface area (Å²) in [5.41, 5.74) is 0.683. The minimum absolute atomic E-state index is 0.665. The van der Waals surface area contributed by atoms with Crippen LogP contribution in [-0.2, 0) is 4.79 Å². The van der Waals surface area contributed by atoms with Gasteiger partial charge in [-0.25, -0.2) is 14.8 Å². The quantitative estimate of drug-likeness (QED) is 0.592. The van der Waals surface area contributed by atoms with E-state index >= 15 is 0 Å². The maximum Gasteiger partial charge on any atom is 0.328 e. The molecule has 5 heteroatoms. The van der Waals surface area contributed by atoms with Crippen molar-refractivity contribution in [1.29, 1.82) is 0 Å². The summed E-state index contributed by atoms with van der Waals surface area (Å²) in [7, 11) is 1.96. The van der Waals surface area contributed by atoms with E-state index in [-0.39, 0.29) is 0 Å². The van der Waals surface area contributed by atoms with Crippen LogP contribution >= 0.6 is 0 Å². The number of rotatable bonds is 7. The largest absolute Gasteiger partial charge is 0.478 e. The number of carboxylic acids is 1. The topological polar surface area (TPSA) is 66.3 Å². The summed E-state index contributed by atoms with van der Waals surface area (Å²) < 4.78 is 0. The van der Waals surface area contributed by atoms with Crippen LogP contribution in [0.15, 0.2) is 18.5 Å².